The predicted molar refractivity (Wildman–Crippen MR) is 131 cm³/mol. The maximum atomic E-state index is 13.4. The molecule has 0 bridgehead atoms. The molecule has 1 N–H and O–H groups in total. The number of carbonyl (C=O) groups excluding carboxylic acids is 1. The molecule has 1 amide bonds. The molecule has 11 heteroatoms. The molecule has 1 aliphatic rings. The minimum absolute atomic E-state index is 0.129. The molecule has 1 aliphatic heterocycles. The van der Waals surface area contributed by atoms with Crippen LogP contribution in [0.2, 0.25) is 0 Å². The highest BCUT2D eigenvalue weighted by atomic mass is 32.2. The lowest BCUT2D eigenvalue weighted by atomic mass is 10.0. The van der Waals surface area contributed by atoms with Gasteiger partial charge in [0.05, 0.1) is 4.92 Å². The van der Waals surface area contributed by atoms with Crippen molar-refractivity contribution in [3.05, 3.63) is 69.8 Å². The molecule has 1 fully saturated rings. The molecule has 0 aromatic heterocycles. The highest BCUT2D eigenvalue weighted by Crippen LogP contribution is 2.29. The second-order valence-corrected chi connectivity index (χ2v) is 10.0. The van der Waals surface area contributed by atoms with Crippen LogP contribution in [0, 0.1) is 17.0 Å². The fourth-order valence-electron chi connectivity index (χ4n) is 4.17. The normalized spacial score (nSPS) is 16.4. The third kappa shape index (κ3) is 5.61. The molecular weight excluding hydrogens is 458 g/mol. The van der Waals surface area contributed by atoms with Crippen LogP contribution >= 0.6 is 0 Å². The minimum Gasteiger partial charge on any atom is -0.319 e. The van der Waals surface area contributed by atoms with Crippen LogP contribution in [-0.2, 0) is 15.0 Å². The lowest BCUT2D eigenvalue weighted by Crippen LogP contribution is -2.54. The van der Waals surface area contributed by atoms with Crippen LogP contribution in [0.1, 0.15) is 31.0 Å². The zero-order valence-electron chi connectivity index (χ0n) is 19.7. The van der Waals surface area contributed by atoms with Gasteiger partial charge in [0, 0.05) is 45.3 Å². The Bertz CT molecular complexity index is 1110. The van der Waals surface area contributed by atoms with Crippen molar-refractivity contribution >= 4 is 27.5 Å². The molecule has 2 aromatic rings. The van der Waals surface area contributed by atoms with Gasteiger partial charge in [-0.2, -0.15) is 17.0 Å². The van der Waals surface area contributed by atoms with E-state index in [9.17, 15) is 23.3 Å². The van der Waals surface area contributed by atoms with E-state index in [1.165, 1.54) is 20.7 Å². The van der Waals surface area contributed by atoms with Gasteiger partial charge in [-0.1, -0.05) is 50.2 Å². The molecule has 1 heterocycles. The van der Waals surface area contributed by atoms with E-state index in [1.807, 2.05) is 35.2 Å². The quantitative estimate of drug-likeness (QED) is 0.428. The Morgan fingerprint density at radius 2 is 1.71 bits per heavy atom. The van der Waals surface area contributed by atoms with Crippen molar-refractivity contribution in [1.29, 1.82) is 0 Å². The second kappa shape index (κ2) is 11.0. The van der Waals surface area contributed by atoms with E-state index in [4.69, 9.17) is 0 Å². The number of hydrogen-bond donors (Lipinski definition) is 1. The van der Waals surface area contributed by atoms with Crippen molar-refractivity contribution in [3.8, 4) is 0 Å². The Kier molecular flexibility index (Phi) is 8.37. The average Bonchev–Trinajstić information content (AvgIpc) is 2.82. The lowest BCUT2D eigenvalue weighted by Gasteiger charge is -2.39. The van der Waals surface area contributed by atoms with Crippen molar-refractivity contribution in [3.63, 3.8) is 0 Å². The SMILES string of the molecule is CCN(CC)S(=O)(=O)N1CCN(C(C(=O)Nc2ccc(C)cc2[N+](=O)[O-])c2ccccc2)CC1. The van der Waals surface area contributed by atoms with Crippen LogP contribution in [0.3, 0.4) is 0 Å². The Hall–Kier alpha value is -2.86. The third-order valence-corrected chi connectivity index (χ3v) is 8.15. The minimum atomic E-state index is -3.56. The summed E-state index contributed by atoms with van der Waals surface area (Å²) in [5.74, 6) is -0.404. The number of carbonyl (C=O) groups is 1. The summed E-state index contributed by atoms with van der Waals surface area (Å²) in [6.07, 6.45) is 0. The Morgan fingerprint density at radius 1 is 1.09 bits per heavy atom. The van der Waals surface area contributed by atoms with Crippen LogP contribution in [0.4, 0.5) is 11.4 Å². The third-order valence-electron chi connectivity index (χ3n) is 5.97. The first-order valence-electron chi connectivity index (χ1n) is 11.3. The van der Waals surface area contributed by atoms with E-state index >= 15 is 0 Å². The van der Waals surface area contributed by atoms with E-state index in [1.54, 1.807) is 26.8 Å². The molecule has 184 valence electrons. The van der Waals surface area contributed by atoms with E-state index in [-0.39, 0.29) is 24.5 Å². The van der Waals surface area contributed by atoms with Gasteiger partial charge in [0.25, 0.3) is 15.9 Å². The summed E-state index contributed by atoms with van der Waals surface area (Å²) in [7, 11) is -3.56. The zero-order chi connectivity index (χ0) is 24.9. The average molecular weight is 490 g/mol. The number of amides is 1. The van der Waals surface area contributed by atoms with Gasteiger partial charge in [0.1, 0.15) is 11.7 Å². The Labute approximate surface area is 200 Å². The van der Waals surface area contributed by atoms with Gasteiger partial charge in [-0.3, -0.25) is 19.8 Å². The summed E-state index contributed by atoms with van der Waals surface area (Å²) in [4.78, 5) is 26.3. The van der Waals surface area contributed by atoms with Crippen LogP contribution < -0.4 is 5.32 Å². The molecule has 3 rings (SSSR count). The maximum absolute atomic E-state index is 13.4. The Morgan fingerprint density at radius 3 is 2.26 bits per heavy atom. The summed E-state index contributed by atoms with van der Waals surface area (Å²) in [6.45, 7) is 7.34. The van der Waals surface area contributed by atoms with Crippen LogP contribution in [0.5, 0.6) is 0 Å². The first-order chi connectivity index (χ1) is 16.2. The molecule has 1 unspecified atom stereocenters. The second-order valence-electron chi connectivity index (χ2n) is 8.11. The number of nitro groups is 1. The molecule has 0 aliphatic carbocycles. The highest BCUT2D eigenvalue weighted by molar-refractivity contribution is 7.86. The summed E-state index contributed by atoms with van der Waals surface area (Å²) < 4.78 is 28.6. The van der Waals surface area contributed by atoms with Gasteiger partial charge in [0.15, 0.2) is 0 Å². The monoisotopic (exact) mass is 489 g/mol. The van der Waals surface area contributed by atoms with Gasteiger partial charge >= 0.3 is 0 Å². The number of nitrogens with one attached hydrogen (secondary N) is 1. The molecule has 10 nitrogen and oxygen atoms in total. The van der Waals surface area contributed by atoms with Gasteiger partial charge in [-0.05, 0) is 24.1 Å². The van der Waals surface area contributed by atoms with Gasteiger partial charge < -0.3 is 5.32 Å². The predicted octanol–water partition coefficient (Wildman–Crippen LogP) is 2.79. The van der Waals surface area contributed by atoms with E-state index < -0.39 is 27.1 Å². The lowest BCUT2D eigenvalue weighted by molar-refractivity contribution is -0.384. The summed E-state index contributed by atoms with van der Waals surface area (Å²) >= 11 is 0. The number of aryl methyl sites for hydroxylation is 1. The number of anilines is 1. The summed E-state index contributed by atoms with van der Waals surface area (Å²) in [6, 6.07) is 13.1. The fraction of sp³-hybridized carbons (Fsp3) is 0.435. The van der Waals surface area contributed by atoms with Crippen molar-refractivity contribution in [2.24, 2.45) is 0 Å². The number of nitro benzene ring substituents is 1. The van der Waals surface area contributed by atoms with Crippen molar-refractivity contribution < 1.29 is 18.1 Å². The summed E-state index contributed by atoms with van der Waals surface area (Å²) in [5, 5.41) is 14.2. The van der Waals surface area contributed by atoms with Gasteiger partial charge in [0.2, 0.25) is 5.91 Å². The number of hydrogen-bond acceptors (Lipinski definition) is 6. The largest absolute Gasteiger partial charge is 0.319 e. The number of benzene rings is 2. The van der Waals surface area contributed by atoms with Crippen molar-refractivity contribution in [1.82, 2.24) is 13.5 Å². The van der Waals surface area contributed by atoms with Crippen molar-refractivity contribution in [2.45, 2.75) is 26.8 Å². The Balaban J connectivity index is 1.84. The smallest absolute Gasteiger partial charge is 0.293 e. The van der Waals surface area contributed by atoms with Crippen molar-refractivity contribution in [2.75, 3.05) is 44.6 Å². The topological polar surface area (TPSA) is 116 Å². The zero-order valence-corrected chi connectivity index (χ0v) is 20.5. The first-order valence-corrected chi connectivity index (χ1v) is 12.7. The van der Waals surface area contributed by atoms with Crippen LogP contribution in [-0.4, -0.2) is 72.0 Å². The molecule has 0 saturated carbocycles. The number of nitrogens with zero attached hydrogens (tertiary/aromatic N) is 4. The van der Waals surface area contributed by atoms with Crippen LogP contribution in [0.25, 0.3) is 0 Å². The first kappa shape index (κ1) is 25.8. The molecule has 2 aromatic carbocycles. The van der Waals surface area contributed by atoms with E-state index in [0.29, 0.717) is 26.2 Å². The maximum Gasteiger partial charge on any atom is 0.293 e. The molecule has 1 saturated heterocycles. The molecule has 1 atom stereocenters. The molecular formula is C23H31N5O5S. The molecule has 0 radical (unpaired) electrons. The number of rotatable bonds is 9. The van der Waals surface area contributed by atoms with E-state index in [2.05, 4.69) is 5.32 Å². The standard InChI is InChI=1S/C23H31N5O5S/c1-4-26(5-2)34(32,33)27-15-13-25(14-16-27)22(19-9-7-6-8-10-19)23(29)24-20-12-11-18(3)17-21(20)28(30)31/h6-12,17,22H,4-5,13-16H2,1-3H3,(H,24,29). The fourth-order valence-corrected chi connectivity index (χ4v) is 5.77. The van der Waals surface area contributed by atoms with E-state index in [0.717, 1.165) is 11.1 Å². The van der Waals surface area contributed by atoms with Crippen LogP contribution in [0.15, 0.2) is 48.5 Å². The summed E-state index contributed by atoms with van der Waals surface area (Å²) in [5.41, 5.74) is 1.41. The van der Waals surface area contributed by atoms with Gasteiger partial charge in [-0.15, -0.1) is 0 Å². The molecule has 34 heavy (non-hydrogen) atoms. The molecule has 0 spiro atoms. The van der Waals surface area contributed by atoms with Gasteiger partial charge in [-0.25, -0.2) is 0 Å². The number of piperazine rings is 1. The highest BCUT2D eigenvalue weighted by Gasteiger charge is 2.36.